The zero-order valence-corrected chi connectivity index (χ0v) is 15.3. The number of carbonyl (C=O) groups excluding carboxylic acids is 2. The van der Waals surface area contributed by atoms with E-state index in [2.05, 4.69) is 24.5 Å². The van der Waals surface area contributed by atoms with Gasteiger partial charge in [0.2, 0.25) is 11.8 Å². The Labute approximate surface area is 149 Å². The summed E-state index contributed by atoms with van der Waals surface area (Å²) < 4.78 is 0. The van der Waals surface area contributed by atoms with Crippen LogP contribution in [-0.4, -0.2) is 11.8 Å². The number of hydrogen-bond donors (Lipinski definition) is 2. The van der Waals surface area contributed by atoms with Crippen molar-refractivity contribution in [3.05, 3.63) is 59.7 Å². The first-order valence-electron chi connectivity index (χ1n) is 8.67. The zero-order valence-electron chi connectivity index (χ0n) is 15.3. The van der Waals surface area contributed by atoms with Gasteiger partial charge in [-0.05, 0) is 62.1 Å². The molecule has 25 heavy (non-hydrogen) atoms. The van der Waals surface area contributed by atoms with E-state index in [1.165, 1.54) is 11.1 Å². The Hall–Kier alpha value is -2.62. The lowest BCUT2D eigenvalue weighted by Crippen LogP contribution is -2.41. The first kappa shape index (κ1) is 18.7. The Morgan fingerprint density at radius 3 is 1.32 bits per heavy atom. The number of nitrogens with one attached hydrogen (secondary N) is 2. The molecule has 4 heteroatoms. The fourth-order valence-electron chi connectivity index (χ4n) is 2.33. The van der Waals surface area contributed by atoms with Crippen molar-refractivity contribution in [1.82, 2.24) is 0 Å². The fraction of sp³-hybridized carbons (Fsp3) is 0.333. The van der Waals surface area contributed by atoms with Crippen LogP contribution in [0, 0.1) is 5.41 Å². The van der Waals surface area contributed by atoms with Gasteiger partial charge in [0.15, 0.2) is 0 Å². The molecule has 0 aliphatic rings. The van der Waals surface area contributed by atoms with Crippen molar-refractivity contribution in [2.45, 2.75) is 40.5 Å². The Morgan fingerprint density at radius 2 is 1.04 bits per heavy atom. The number of benzene rings is 2. The van der Waals surface area contributed by atoms with E-state index in [0.29, 0.717) is 11.4 Å². The van der Waals surface area contributed by atoms with Crippen LogP contribution in [0.5, 0.6) is 0 Å². The molecule has 2 amide bonds. The van der Waals surface area contributed by atoms with Gasteiger partial charge in [-0.1, -0.05) is 38.1 Å². The Balaban J connectivity index is 2.03. The molecule has 0 heterocycles. The van der Waals surface area contributed by atoms with Crippen molar-refractivity contribution in [3.8, 4) is 0 Å². The highest BCUT2D eigenvalue weighted by atomic mass is 16.2. The highest BCUT2D eigenvalue weighted by Gasteiger charge is 2.36. The van der Waals surface area contributed by atoms with Crippen LogP contribution in [0.2, 0.25) is 0 Å². The number of amides is 2. The first-order chi connectivity index (χ1) is 11.9. The van der Waals surface area contributed by atoms with Gasteiger partial charge in [0, 0.05) is 11.4 Å². The third kappa shape index (κ3) is 4.69. The van der Waals surface area contributed by atoms with E-state index in [4.69, 9.17) is 0 Å². The maximum atomic E-state index is 12.5. The molecule has 0 saturated heterocycles. The van der Waals surface area contributed by atoms with E-state index in [-0.39, 0.29) is 11.8 Å². The van der Waals surface area contributed by atoms with Gasteiger partial charge in [0.05, 0.1) is 0 Å². The number of aryl methyl sites for hydroxylation is 2. The van der Waals surface area contributed by atoms with Gasteiger partial charge in [0.1, 0.15) is 5.41 Å². The summed E-state index contributed by atoms with van der Waals surface area (Å²) in [4.78, 5) is 25.1. The highest BCUT2D eigenvalue weighted by Crippen LogP contribution is 2.22. The van der Waals surface area contributed by atoms with Gasteiger partial charge in [-0.3, -0.25) is 9.59 Å². The lowest BCUT2D eigenvalue weighted by atomic mass is 9.90. The molecular weight excluding hydrogens is 312 g/mol. The summed E-state index contributed by atoms with van der Waals surface area (Å²) in [6.45, 7) is 7.40. The zero-order chi connectivity index (χ0) is 18.4. The SMILES string of the molecule is CCc1ccc(NC(=O)C(C)(C)C(=O)Nc2ccc(CC)cc2)cc1. The molecule has 0 bridgehead atoms. The smallest absolute Gasteiger partial charge is 0.239 e. The predicted molar refractivity (Wildman–Crippen MR) is 103 cm³/mol. The van der Waals surface area contributed by atoms with Crippen LogP contribution < -0.4 is 10.6 Å². The van der Waals surface area contributed by atoms with Crippen LogP contribution in [-0.2, 0) is 22.4 Å². The van der Waals surface area contributed by atoms with Gasteiger partial charge in [-0.2, -0.15) is 0 Å². The molecule has 0 spiro atoms. The molecule has 132 valence electrons. The minimum absolute atomic E-state index is 0.334. The first-order valence-corrected chi connectivity index (χ1v) is 8.67. The van der Waals surface area contributed by atoms with Crippen LogP contribution in [0.3, 0.4) is 0 Å². The molecule has 2 aromatic carbocycles. The largest absolute Gasteiger partial charge is 0.325 e. The van der Waals surface area contributed by atoms with E-state index in [0.717, 1.165) is 12.8 Å². The summed E-state index contributed by atoms with van der Waals surface area (Å²) in [6.07, 6.45) is 1.89. The average molecular weight is 338 g/mol. The minimum Gasteiger partial charge on any atom is -0.325 e. The fourth-order valence-corrected chi connectivity index (χ4v) is 2.33. The Kier molecular flexibility index (Phi) is 5.97. The molecule has 4 nitrogen and oxygen atoms in total. The minimum atomic E-state index is -1.19. The van der Waals surface area contributed by atoms with Crippen molar-refractivity contribution < 1.29 is 9.59 Å². The molecule has 0 unspecified atom stereocenters. The lowest BCUT2D eigenvalue weighted by Gasteiger charge is -2.23. The van der Waals surface area contributed by atoms with E-state index >= 15 is 0 Å². The molecule has 0 atom stereocenters. The van der Waals surface area contributed by atoms with Gasteiger partial charge in [0.25, 0.3) is 0 Å². The second kappa shape index (κ2) is 7.97. The van der Waals surface area contributed by atoms with Gasteiger partial charge < -0.3 is 10.6 Å². The maximum Gasteiger partial charge on any atom is 0.239 e. The second-order valence-electron chi connectivity index (χ2n) is 6.63. The van der Waals surface area contributed by atoms with E-state index in [1.54, 1.807) is 13.8 Å². The molecule has 0 aromatic heterocycles. The molecule has 2 rings (SSSR count). The number of rotatable bonds is 6. The second-order valence-corrected chi connectivity index (χ2v) is 6.63. The quantitative estimate of drug-likeness (QED) is 0.766. The van der Waals surface area contributed by atoms with Gasteiger partial charge in [-0.15, -0.1) is 0 Å². The molecule has 0 saturated carbocycles. The number of carbonyl (C=O) groups is 2. The predicted octanol–water partition coefficient (Wildman–Crippen LogP) is 4.41. The number of anilines is 2. The molecule has 2 aromatic rings. The summed E-state index contributed by atoms with van der Waals surface area (Å²) in [6, 6.07) is 15.3. The molecule has 0 radical (unpaired) electrons. The maximum absolute atomic E-state index is 12.5. The van der Waals surface area contributed by atoms with Crippen molar-refractivity contribution in [2.24, 2.45) is 5.41 Å². The molecule has 0 aliphatic heterocycles. The summed E-state index contributed by atoms with van der Waals surface area (Å²) in [7, 11) is 0. The molecule has 0 aliphatic carbocycles. The average Bonchev–Trinajstić information content (AvgIpc) is 2.62. The van der Waals surface area contributed by atoms with Gasteiger partial charge in [-0.25, -0.2) is 0 Å². The third-order valence-electron chi connectivity index (χ3n) is 4.38. The van der Waals surface area contributed by atoms with E-state index in [9.17, 15) is 9.59 Å². The third-order valence-corrected chi connectivity index (χ3v) is 4.38. The normalized spacial score (nSPS) is 11.0. The van der Waals surface area contributed by atoms with Crippen molar-refractivity contribution in [2.75, 3.05) is 10.6 Å². The van der Waals surface area contributed by atoms with Crippen molar-refractivity contribution in [3.63, 3.8) is 0 Å². The summed E-state index contributed by atoms with van der Waals surface area (Å²) in [5.74, 6) is -0.668. The molecule has 2 N–H and O–H groups in total. The summed E-state index contributed by atoms with van der Waals surface area (Å²) >= 11 is 0. The highest BCUT2D eigenvalue weighted by molar-refractivity contribution is 6.13. The van der Waals surface area contributed by atoms with Crippen molar-refractivity contribution >= 4 is 23.2 Å². The van der Waals surface area contributed by atoms with Crippen LogP contribution in [0.25, 0.3) is 0 Å². The summed E-state index contributed by atoms with van der Waals surface area (Å²) in [5, 5.41) is 5.64. The van der Waals surface area contributed by atoms with Crippen LogP contribution in [0.15, 0.2) is 48.5 Å². The monoisotopic (exact) mass is 338 g/mol. The van der Waals surface area contributed by atoms with Gasteiger partial charge >= 0.3 is 0 Å². The number of hydrogen-bond acceptors (Lipinski definition) is 2. The van der Waals surface area contributed by atoms with E-state index < -0.39 is 5.41 Å². The van der Waals surface area contributed by atoms with Crippen LogP contribution in [0.4, 0.5) is 11.4 Å². The van der Waals surface area contributed by atoms with Crippen LogP contribution >= 0.6 is 0 Å². The lowest BCUT2D eigenvalue weighted by molar-refractivity contribution is -0.135. The van der Waals surface area contributed by atoms with Crippen molar-refractivity contribution in [1.29, 1.82) is 0 Å². The molecule has 0 fully saturated rings. The molecular formula is C21H26N2O2. The van der Waals surface area contributed by atoms with E-state index in [1.807, 2.05) is 48.5 Å². The Bertz CT molecular complexity index is 668. The summed E-state index contributed by atoms with van der Waals surface area (Å²) in [5.41, 5.74) is 2.59. The Morgan fingerprint density at radius 1 is 0.720 bits per heavy atom. The van der Waals surface area contributed by atoms with Crippen LogP contribution in [0.1, 0.15) is 38.8 Å². The topological polar surface area (TPSA) is 58.2 Å². The standard InChI is InChI=1S/C21H26N2O2/c1-5-15-7-11-17(12-8-15)22-19(24)21(3,4)20(25)23-18-13-9-16(6-2)10-14-18/h7-14H,5-6H2,1-4H3,(H,22,24)(H,23,25).